The summed E-state index contributed by atoms with van der Waals surface area (Å²) in [6.45, 7) is 1.85. The summed E-state index contributed by atoms with van der Waals surface area (Å²) in [7, 11) is 0. The lowest BCUT2D eigenvalue weighted by molar-refractivity contribution is -0.110. The van der Waals surface area contributed by atoms with Gasteiger partial charge >= 0.3 is 0 Å². The number of fused-ring (bicyclic) bond motifs is 1. The number of hydrogen-bond donors (Lipinski definition) is 1. The van der Waals surface area contributed by atoms with Gasteiger partial charge in [0.05, 0.1) is 11.8 Å². The molecule has 1 aliphatic rings. The van der Waals surface area contributed by atoms with Crippen LogP contribution < -0.4 is 10.5 Å². The molecule has 0 spiro atoms. The van der Waals surface area contributed by atoms with E-state index in [2.05, 4.69) is 0 Å². The first-order chi connectivity index (χ1) is 7.11. The number of carbonyl (C=O) groups is 1. The number of benzene rings is 1. The monoisotopic (exact) mass is 209 g/mol. The van der Waals surface area contributed by atoms with Gasteiger partial charge in [0.1, 0.15) is 17.9 Å². The van der Waals surface area contributed by atoms with Crippen LogP contribution in [0.2, 0.25) is 0 Å². The fourth-order valence-corrected chi connectivity index (χ4v) is 1.86. The third-order valence-corrected chi connectivity index (χ3v) is 2.61. The van der Waals surface area contributed by atoms with Crippen LogP contribution in [0.4, 0.5) is 10.1 Å². The quantitative estimate of drug-likeness (QED) is 0.567. The largest absolute Gasteiger partial charge is 0.490 e. The molecule has 80 valence electrons. The van der Waals surface area contributed by atoms with E-state index >= 15 is 0 Å². The Bertz CT molecular complexity index is 406. The average Bonchev–Trinajstić information content (AvgIpc) is 2.19. The van der Waals surface area contributed by atoms with Gasteiger partial charge in [0, 0.05) is 17.5 Å². The molecule has 0 radical (unpaired) electrons. The first kappa shape index (κ1) is 9.96. The Labute approximate surface area is 87.0 Å². The van der Waals surface area contributed by atoms with Gasteiger partial charge in [0.25, 0.3) is 0 Å². The van der Waals surface area contributed by atoms with Gasteiger partial charge in [-0.15, -0.1) is 0 Å². The molecule has 0 aliphatic carbocycles. The summed E-state index contributed by atoms with van der Waals surface area (Å²) in [5, 5.41) is 0. The molecule has 0 aromatic heterocycles. The summed E-state index contributed by atoms with van der Waals surface area (Å²) in [5.74, 6) is -0.323. The Balaban J connectivity index is 2.51. The molecule has 2 atom stereocenters. The second-order valence-electron chi connectivity index (χ2n) is 3.82. The second-order valence-corrected chi connectivity index (χ2v) is 3.82. The van der Waals surface area contributed by atoms with Crippen molar-refractivity contribution in [3.8, 4) is 5.75 Å². The third kappa shape index (κ3) is 1.67. The highest BCUT2D eigenvalue weighted by atomic mass is 19.1. The van der Waals surface area contributed by atoms with E-state index in [1.807, 2.05) is 6.92 Å². The van der Waals surface area contributed by atoms with E-state index in [9.17, 15) is 9.18 Å². The number of aldehydes is 1. The van der Waals surface area contributed by atoms with E-state index in [-0.39, 0.29) is 17.7 Å². The Morgan fingerprint density at radius 2 is 2.33 bits per heavy atom. The number of anilines is 1. The van der Waals surface area contributed by atoms with Gasteiger partial charge in [-0.25, -0.2) is 4.39 Å². The second kappa shape index (κ2) is 3.53. The maximum Gasteiger partial charge on any atom is 0.149 e. The molecule has 2 N–H and O–H groups in total. The first-order valence-electron chi connectivity index (χ1n) is 4.82. The van der Waals surface area contributed by atoms with Crippen molar-refractivity contribution in [2.45, 2.75) is 25.4 Å². The van der Waals surface area contributed by atoms with Crippen molar-refractivity contribution in [1.82, 2.24) is 0 Å². The summed E-state index contributed by atoms with van der Waals surface area (Å²) < 4.78 is 18.6. The Morgan fingerprint density at radius 3 is 3.00 bits per heavy atom. The van der Waals surface area contributed by atoms with E-state index in [4.69, 9.17) is 10.5 Å². The van der Waals surface area contributed by atoms with E-state index < -0.39 is 5.82 Å². The molecule has 4 heteroatoms. The lowest BCUT2D eigenvalue weighted by atomic mass is 9.91. The van der Waals surface area contributed by atoms with Gasteiger partial charge < -0.3 is 15.3 Å². The smallest absolute Gasteiger partial charge is 0.149 e. The zero-order chi connectivity index (χ0) is 11.0. The van der Waals surface area contributed by atoms with Gasteiger partial charge in [0.2, 0.25) is 0 Å². The number of rotatable bonds is 1. The standard InChI is InChI=1S/C11H12FNO2/c1-6-2-7(5-14)8-3-10(13)9(12)4-11(8)15-6/h3-7H,2,13H2,1H3. The van der Waals surface area contributed by atoms with Crippen molar-refractivity contribution >= 4 is 12.0 Å². The molecule has 0 amide bonds. The SMILES string of the molecule is CC1CC(C=O)c2cc(N)c(F)cc2O1. The maximum atomic E-state index is 13.2. The topological polar surface area (TPSA) is 52.3 Å². The molecule has 0 saturated heterocycles. The van der Waals surface area contributed by atoms with E-state index in [0.29, 0.717) is 17.7 Å². The minimum Gasteiger partial charge on any atom is -0.490 e. The molecule has 1 aromatic carbocycles. The van der Waals surface area contributed by atoms with Crippen LogP contribution in [-0.2, 0) is 4.79 Å². The molecule has 1 aliphatic heterocycles. The van der Waals surface area contributed by atoms with Crippen molar-refractivity contribution in [3.63, 3.8) is 0 Å². The van der Waals surface area contributed by atoms with Gasteiger partial charge in [-0.2, -0.15) is 0 Å². The molecule has 2 rings (SSSR count). The number of carbonyl (C=O) groups excluding carboxylic acids is 1. The molecule has 0 bridgehead atoms. The zero-order valence-corrected chi connectivity index (χ0v) is 8.37. The van der Waals surface area contributed by atoms with Gasteiger partial charge in [-0.1, -0.05) is 0 Å². The van der Waals surface area contributed by atoms with Crippen molar-refractivity contribution < 1.29 is 13.9 Å². The molecule has 0 fully saturated rings. The number of halogens is 1. The Kier molecular flexibility index (Phi) is 2.34. The molecule has 1 aromatic rings. The minimum absolute atomic E-state index is 0.0544. The number of nitrogens with two attached hydrogens (primary N) is 1. The lowest BCUT2D eigenvalue weighted by Crippen LogP contribution is -2.23. The van der Waals surface area contributed by atoms with Crippen LogP contribution >= 0.6 is 0 Å². The fraction of sp³-hybridized carbons (Fsp3) is 0.364. The van der Waals surface area contributed by atoms with Crippen molar-refractivity contribution in [3.05, 3.63) is 23.5 Å². The number of hydrogen-bond acceptors (Lipinski definition) is 3. The van der Waals surface area contributed by atoms with Gasteiger partial charge in [-0.3, -0.25) is 0 Å². The zero-order valence-electron chi connectivity index (χ0n) is 8.37. The normalized spacial score (nSPS) is 24.1. The fourth-order valence-electron chi connectivity index (χ4n) is 1.86. The van der Waals surface area contributed by atoms with Crippen LogP contribution in [0.3, 0.4) is 0 Å². The van der Waals surface area contributed by atoms with Crippen LogP contribution in [0.25, 0.3) is 0 Å². The first-order valence-corrected chi connectivity index (χ1v) is 4.82. The highest BCUT2D eigenvalue weighted by Gasteiger charge is 2.26. The van der Waals surface area contributed by atoms with E-state index in [1.165, 1.54) is 12.1 Å². The number of ether oxygens (including phenoxy) is 1. The van der Waals surface area contributed by atoms with Crippen molar-refractivity contribution in [2.24, 2.45) is 0 Å². The Hall–Kier alpha value is -1.58. The van der Waals surface area contributed by atoms with Crippen molar-refractivity contribution in [2.75, 3.05) is 5.73 Å². The van der Waals surface area contributed by atoms with Crippen LogP contribution in [0.5, 0.6) is 5.75 Å². The van der Waals surface area contributed by atoms with Gasteiger partial charge in [0.15, 0.2) is 0 Å². The minimum atomic E-state index is -0.507. The summed E-state index contributed by atoms with van der Waals surface area (Å²) >= 11 is 0. The summed E-state index contributed by atoms with van der Waals surface area (Å²) in [5.41, 5.74) is 6.19. The van der Waals surface area contributed by atoms with Crippen LogP contribution in [0, 0.1) is 5.82 Å². The lowest BCUT2D eigenvalue weighted by Gasteiger charge is -2.27. The van der Waals surface area contributed by atoms with Crippen LogP contribution in [0.1, 0.15) is 24.8 Å². The molecule has 3 nitrogen and oxygen atoms in total. The predicted molar refractivity (Wildman–Crippen MR) is 54.3 cm³/mol. The molecular formula is C11H12FNO2. The molecule has 2 unspecified atom stereocenters. The molecular weight excluding hydrogens is 197 g/mol. The Morgan fingerprint density at radius 1 is 1.60 bits per heavy atom. The maximum absolute atomic E-state index is 13.2. The summed E-state index contributed by atoms with van der Waals surface area (Å²) in [6, 6.07) is 2.73. The molecule has 0 saturated carbocycles. The molecule has 1 heterocycles. The van der Waals surface area contributed by atoms with Crippen molar-refractivity contribution in [1.29, 1.82) is 0 Å². The summed E-state index contributed by atoms with van der Waals surface area (Å²) in [4.78, 5) is 10.9. The molecule has 15 heavy (non-hydrogen) atoms. The van der Waals surface area contributed by atoms with E-state index in [1.54, 1.807) is 0 Å². The highest BCUT2D eigenvalue weighted by molar-refractivity contribution is 5.67. The van der Waals surface area contributed by atoms with Gasteiger partial charge in [-0.05, 0) is 19.4 Å². The summed E-state index contributed by atoms with van der Waals surface area (Å²) in [6.07, 6.45) is 1.40. The van der Waals surface area contributed by atoms with Crippen LogP contribution in [-0.4, -0.2) is 12.4 Å². The average molecular weight is 209 g/mol. The number of nitrogen functional groups attached to an aromatic ring is 1. The highest BCUT2D eigenvalue weighted by Crippen LogP contribution is 2.37. The third-order valence-electron chi connectivity index (χ3n) is 2.61. The van der Waals surface area contributed by atoms with Crippen LogP contribution in [0.15, 0.2) is 12.1 Å². The van der Waals surface area contributed by atoms with E-state index in [0.717, 1.165) is 6.29 Å². The predicted octanol–water partition coefficient (Wildman–Crippen LogP) is 1.86.